The predicted octanol–water partition coefficient (Wildman–Crippen LogP) is -0.0701. The third-order valence-corrected chi connectivity index (χ3v) is 2.16. The Hall–Kier alpha value is -2.21. The Kier molecular flexibility index (Phi) is 2.93. The Bertz CT molecular complexity index is 462. The van der Waals surface area contributed by atoms with Crippen LogP contribution in [0.5, 0.6) is 0 Å². The first-order valence-corrected chi connectivity index (χ1v) is 4.72. The Morgan fingerprint density at radius 3 is 2.69 bits per heavy atom. The molecule has 0 radical (unpaired) electrons. The van der Waals surface area contributed by atoms with Crippen LogP contribution in [0, 0.1) is 0 Å². The van der Waals surface area contributed by atoms with Crippen molar-refractivity contribution >= 4 is 5.91 Å². The molecule has 0 saturated carbocycles. The van der Waals surface area contributed by atoms with Gasteiger partial charge >= 0.3 is 0 Å². The maximum absolute atomic E-state index is 11.2. The number of benzene rings is 1. The fraction of sp³-hybridized carbons (Fsp3) is 0.100. The van der Waals surface area contributed by atoms with E-state index in [1.807, 2.05) is 12.1 Å². The molecule has 1 aromatic heterocycles. The largest absolute Gasteiger partial charge is 0.290 e. The van der Waals surface area contributed by atoms with Crippen LogP contribution in [0.1, 0.15) is 15.9 Å². The van der Waals surface area contributed by atoms with Crippen molar-refractivity contribution in [2.45, 2.75) is 6.54 Å². The molecule has 3 N–H and O–H groups in total. The van der Waals surface area contributed by atoms with E-state index in [1.54, 1.807) is 23.1 Å². The van der Waals surface area contributed by atoms with Gasteiger partial charge in [-0.05, 0) is 17.7 Å². The molecule has 0 aliphatic heterocycles. The highest BCUT2D eigenvalue weighted by Crippen LogP contribution is 2.05. The van der Waals surface area contributed by atoms with E-state index in [0.717, 1.165) is 5.56 Å². The topological polar surface area (TPSA) is 85.8 Å². The number of hydrazine groups is 1. The highest BCUT2D eigenvalue weighted by atomic mass is 16.2. The van der Waals surface area contributed by atoms with Crippen LogP contribution in [0.25, 0.3) is 0 Å². The summed E-state index contributed by atoms with van der Waals surface area (Å²) in [6.07, 6.45) is 3.12. The van der Waals surface area contributed by atoms with Gasteiger partial charge in [0.1, 0.15) is 12.7 Å². The monoisotopic (exact) mass is 217 g/mol. The summed E-state index contributed by atoms with van der Waals surface area (Å²) >= 11 is 0. The van der Waals surface area contributed by atoms with E-state index < -0.39 is 0 Å². The van der Waals surface area contributed by atoms with Crippen molar-refractivity contribution in [2.75, 3.05) is 0 Å². The number of aromatic nitrogens is 3. The van der Waals surface area contributed by atoms with Crippen LogP contribution >= 0.6 is 0 Å². The molecule has 6 nitrogen and oxygen atoms in total. The van der Waals surface area contributed by atoms with Crippen LogP contribution in [0.3, 0.4) is 0 Å². The van der Waals surface area contributed by atoms with Crippen molar-refractivity contribution in [3.05, 3.63) is 48.0 Å². The first-order valence-electron chi connectivity index (χ1n) is 4.72. The van der Waals surface area contributed by atoms with Gasteiger partial charge in [-0.3, -0.25) is 10.2 Å². The molecule has 0 unspecified atom stereocenters. The summed E-state index contributed by atoms with van der Waals surface area (Å²) in [6.45, 7) is 0.629. The molecule has 0 bridgehead atoms. The van der Waals surface area contributed by atoms with Gasteiger partial charge in [0.2, 0.25) is 0 Å². The van der Waals surface area contributed by atoms with Gasteiger partial charge in [0.15, 0.2) is 0 Å². The number of nitrogens with two attached hydrogens (primary N) is 1. The van der Waals surface area contributed by atoms with Crippen molar-refractivity contribution in [3.63, 3.8) is 0 Å². The summed E-state index contributed by atoms with van der Waals surface area (Å²) in [5.41, 5.74) is 3.65. The molecule has 0 atom stereocenters. The number of carbonyl (C=O) groups excluding carboxylic acids is 1. The SMILES string of the molecule is NNC(=O)c1ccc(Cn2cncn2)cc1. The number of hydrogen-bond donors (Lipinski definition) is 2. The first kappa shape index (κ1) is 10.3. The van der Waals surface area contributed by atoms with E-state index in [1.165, 1.54) is 6.33 Å². The summed E-state index contributed by atoms with van der Waals surface area (Å²) in [6, 6.07) is 7.14. The number of rotatable bonds is 3. The van der Waals surface area contributed by atoms with E-state index in [0.29, 0.717) is 12.1 Å². The van der Waals surface area contributed by atoms with Gasteiger partial charge in [0.25, 0.3) is 5.91 Å². The normalized spacial score (nSPS) is 10.1. The summed E-state index contributed by atoms with van der Waals surface area (Å²) < 4.78 is 1.71. The quantitative estimate of drug-likeness (QED) is 0.428. The fourth-order valence-corrected chi connectivity index (χ4v) is 1.35. The maximum Gasteiger partial charge on any atom is 0.265 e. The molecule has 0 saturated heterocycles. The molecule has 16 heavy (non-hydrogen) atoms. The molecule has 2 rings (SSSR count). The van der Waals surface area contributed by atoms with Crippen molar-refractivity contribution in [3.8, 4) is 0 Å². The third kappa shape index (κ3) is 2.23. The molecule has 0 aliphatic rings. The van der Waals surface area contributed by atoms with Gasteiger partial charge in [0, 0.05) is 5.56 Å². The van der Waals surface area contributed by atoms with Gasteiger partial charge in [-0.1, -0.05) is 12.1 Å². The van der Waals surface area contributed by atoms with Gasteiger partial charge < -0.3 is 0 Å². The van der Waals surface area contributed by atoms with E-state index in [4.69, 9.17) is 5.84 Å². The van der Waals surface area contributed by atoms with E-state index in [9.17, 15) is 4.79 Å². The Morgan fingerprint density at radius 1 is 1.38 bits per heavy atom. The maximum atomic E-state index is 11.2. The second kappa shape index (κ2) is 4.54. The standard InChI is InChI=1S/C10H11N5O/c11-14-10(16)9-3-1-8(2-4-9)5-15-7-12-6-13-15/h1-4,6-7H,5,11H2,(H,14,16). The Balaban J connectivity index is 2.10. The lowest BCUT2D eigenvalue weighted by Gasteiger charge is -2.03. The van der Waals surface area contributed by atoms with Crippen molar-refractivity contribution < 1.29 is 4.79 Å². The number of nitrogens with one attached hydrogen (secondary N) is 1. The molecule has 0 aliphatic carbocycles. The van der Waals surface area contributed by atoms with E-state index in [-0.39, 0.29) is 5.91 Å². The molecular formula is C10H11N5O. The van der Waals surface area contributed by atoms with Crippen LogP contribution in [-0.2, 0) is 6.54 Å². The van der Waals surface area contributed by atoms with Gasteiger partial charge in [-0.25, -0.2) is 15.5 Å². The van der Waals surface area contributed by atoms with Crippen LogP contribution < -0.4 is 11.3 Å². The number of hydrogen-bond acceptors (Lipinski definition) is 4. The van der Waals surface area contributed by atoms with E-state index in [2.05, 4.69) is 15.5 Å². The lowest BCUT2D eigenvalue weighted by atomic mass is 10.1. The third-order valence-electron chi connectivity index (χ3n) is 2.16. The number of amides is 1. The van der Waals surface area contributed by atoms with Crippen molar-refractivity contribution in [1.82, 2.24) is 20.2 Å². The zero-order valence-corrected chi connectivity index (χ0v) is 8.50. The Labute approximate surface area is 92.1 Å². The molecule has 82 valence electrons. The van der Waals surface area contributed by atoms with Crippen LogP contribution in [0.4, 0.5) is 0 Å². The molecule has 6 heteroatoms. The molecular weight excluding hydrogens is 206 g/mol. The first-order chi connectivity index (χ1) is 7.79. The lowest BCUT2D eigenvalue weighted by Crippen LogP contribution is -2.29. The highest BCUT2D eigenvalue weighted by molar-refractivity contribution is 5.93. The minimum absolute atomic E-state index is 0.299. The van der Waals surface area contributed by atoms with Gasteiger partial charge in [0.05, 0.1) is 6.54 Å². The van der Waals surface area contributed by atoms with Gasteiger partial charge in [-0.15, -0.1) is 0 Å². The zero-order valence-electron chi connectivity index (χ0n) is 8.50. The summed E-state index contributed by atoms with van der Waals surface area (Å²) in [7, 11) is 0. The Morgan fingerprint density at radius 2 is 2.12 bits per heavy atom. The molecule has 1 heterocycles. The van der Waals surface area contributed by atoms with E-state index >= 15 is 0 Å². The average molecular weight is 217 g/mol. The fourth-order valence-electron chi connectivity index (χ4n) is 1.35. The second-order valence-electron chi connectivity index (χ2n) is 3.26. The van der Waals surface area contributed by atoms with Crippen molar-refractivity contribution in [2.24, 2.45) is 5.84 Å². The zero-order chi connectivity index (χ0) is 11.4. The molecule has 1 amide bonds. The van der Waals surface area contributed by atoms with Crippen LogP contribution in [-0.4, -0.2) is 20.7 Å². The number of nitrogens with zero attached hydrogens (tertiary/aromatic N) is 3. The predicted molar refractivity (Wildman–Crippen MR) is 57.2 cm³/mol. The number of nitrogen functional groups attached to an aromatic ring is 1. The van der Waals surface area contributed by atoms with Crippen LogP contribution in [0.2, 0.25) is 0 Å². The summed E-state index contributed by atoms with van der Waals surface area (Å²) in [5.74, 6) is 4.73. The molecule has 1 aromatic carbocycles. The average Bonchev–Trinajstić information content (AvgIpc) is 2.82. The molecule has 0 spiro atoms. The molecule has 2 aromatic rings. The number of carbonyl (C=O) groups is 1. The summed E-state index contributed by atoms with van der Waals surface area (Å²) in [5, 5.41) is 3.99. The highest BCUT2D eigenvalue weighted by Gasteiger charge is 2.02. The minimum atomic E-state index is -0.299. The van der Waals surface area contributed by atoms with Crippen molar-refractivity contribution in [1.29, 1.82) is 0 Å². The minimum Gasteiger partial charge on any atom is -0.290 e. The summed E-state index contributed by atoms with van der Waals surface area (Å²) in [4.78, 5) is 15.0. The second-order valence-corrected chi connectivity index (χ2v) is 3.26. The van der Waals surface area contributed by atoms with Crippen LogP contribution in [0.15, 0.2) is 36.9 Å². The molecule has 0 fully saturated rings. The lowest BCUT2D eigenvalue weighted by molar-refractivity contribution is 0.0953. The smallest absolute Gasteiger partial charge is 0.265 e. The van der Waals surface area contributed by atoms with Gasteiger partial charge in [-0.2, -0.15) is 5.10 Å².